The Labute approximate surface area is 232 Å². The lowest BCUT2D eigenvalue weighted by molar-refractivity contribution is -0.140. The first-order valence-electron chi connectivity index (χ1n) is 11.3. The van der Waals surface area contributed by atoms with E-state index in [1.165, 1.54) is 23.1 Å². The molecular formula is C24H29Cl4N3O4S. The maximum atomic E-state index is 13.7. The second kappa shape index (κ2) is 13.2. The van der Waals surface area contributed by atoms with Crippen LogP contribution in [0.3, 0.4) is 0 Å². The molecule has 0 bridgehead atoms. The van der Waals surface area contributed by atoms with Gasteiger partial charge in [0.1, 0.15) is 12.6 Å². The standard InChI is InChI=1S/C24H29Cl4N3O4S/c1-5-15(3)29-24(33)20(6-2)30(13-16-10-11-17(25)19(27)12-16)22(32)14-31(36(4,34)35)21-9-7-8-18(26)23(21)28/h7-12,15,20H,5-6,13-14H2,1-4H3,(H,29,33). The van der Waals surface area contributed by atoms with Crippen molar-refractivity contribution in [1.82, 2.24) is 10.2 Å². The van der Waals surface area contributed by atoms with Gasteiger partial charge < -0.3 is 10.2 Å². The molecule has 7 nitrogen and oxygen atoms in total. The summed E-state index contributed by atoms with van der Waals surface area (Å²) in [5.74, 6) is -0.944. The predicted octanol–water partition coefficient (Wildman–Crippen LogP) is 5.79. The van der Waals surface area contributed by atoms with Crippen LogP contribution in [0, 0.1) is 0 Å². The average molecular weight is 597 g/mol. The van der Waals surface area contributed by atoms with Crippen molar-refractivity contribution in [3.8, 4) is 0 Å². The molecule has 0 heterocycles. The largest absolute Gasteiger partial charge is 0.352 e. The number of nitrogens with one attached hydrogen (secondary N) is 1. The molecule has 0 aromatic heterocycles. The summed E-state index contributed by atoms with van der Waals surface area (Å²) in [7, 11) is -3.94. The maximum absolute atomic E-state index is 13.7. The first kappa shape index (κ1) is 30.5. The number of hydrogen-bond acceptors (Lipinski definition) is 4. The van der Waals surface area contributed by atoms with Gasteiger partial charge in [-0.15, -0.1) is 0 Å². The van der Waals surface area contributed by atoms with Gasteiger partial charge in [-0.2, -0.15) is 0 Å². The molecule has 2 amide bonds. The van der Waals surface area contributed by atoms with Gasteiger partial charge >= 0.3 is 0 Å². The minimum atomic E-state index is -3.94. The third-order valence-electron chi connectivity index (χ3n) is 5.60. The number of benzene rings is 2. The van der Waals surface area contributed by atoms with Crippen LogP contribution in [0.2, 0.25) is 20.1 Å². The van der Waals surface area contributed by atoms with Gasteiger partial charge in [0.25, 0.3) is 0 Å². The van der Waals surface area contributed by atoms with Gasteiger partial charge in [-0.3, -0.25) is 13.9 Å². The van der Waals surface area contributed by atoms with Gasteiger partial charge in [0.15, 0.2) is 0 Å². The fraction of sp³-hybridized carbons (Fsp3) is 0.417. The van der Waals surface area contributed by atoms with Crippen molar-refractivity contribution < 1.29 is 18.0 Å². The summed E-state index contributed by atoms with van der Waals surface area (Å²) in [6.45, 7) is 4.99. The van der Waals surface area contributed by atoms with Crippen LogP contribution in [0.25, 0.3) is 0 Å². The van der Waals surface area contributed by atoms with E-state index >= 15 is 0 Å². The van der Waals surface area contributed by atoms with E-state index in [0.717, 1.165) is 10.6 Å². The number of anilines is 1. The molecule has 36 heavy (non-hydrogen) atoms. The van der Waals surface area contributed by atoms with Crippen LogP contribution >= 0.6 is 46.4 Å². The molecule has 2 aromatic rings. The molecule has 0 aliphatic heterocycles. The summed E-state index contributed by atoms with van der Waals surface area (Å²) in [5.41, 5.74) is 0.686. The van der Waals surface area contributed by atoms with Crippen molar-refractivity contribution in [2.45, 2.75) is 52.2 Å². The third-order valence-corrected chi connectivity index (χ3v) is 8.28. The highest BCUT2D eigenvalue weighted by Crippen LogP contribution is 2.34. The van der Waals surface area contributed by atoms with Gasteiger partial charge in [-0.05, 0) is 49.6 Å². The molecule has 2 aromatic carbocycles. The Balaban J connectivity index is 2.51. The van der Waals surface area contributed by atoms with E-state index in [4.69, 9.17) is 46.4 Å². The number of amides is 2. The molecule has 0 saturated heterocycles. The quantitative estimate of drug-likeness (QED) is 0.356. The molecule has 0 radical (unpaired) electrons. The number of carbonyl (C=O) groups excluding carboxylic acids is 2. The first-order valence-corrected chi connectivity index (χ1v) is 14.6. The SMILES string of the molecule is CCC(C)NC(=O)C(CC)N(Cc1ccc(Cl)c(Cl)c1)C(=O)CN(c1cccc(Cl)c1Cl)S(C)(=O)=O. The van der Waals surface area contributed by atoms with E-state index in [9.17, 15) is 18.0 Å². The van der Waals surface area contributed by atoms with Crippen molar-refractivity contribution in [2.75, 3.05) is 17.1 Å². The summed E-state index contributed by atoms with van der Waals surface area (Å²) >= 11 is 24.6. The zero-order chi connectivity index (χ0) is 27.2. The van der Waals surface area contributed by atoms with Crippen molar-refractivity contribution in [3.05, 3.63) is 62.1 Å². The molecule has 2 rings (SSSR count). The minimum absolute atomic E-state index is 0.00301. The van der Waals surface area contributed by atoms with Crippen LogP contribution in [-0.2, 0) is 26.2 Å². The lowest BCUT2D eigenvalue weighted by atomic mass is 10.1. The first-order chi connectivity index (χ1) is 16.8. The minimum Gasteiger partial charge on any atom is -0.352 e. The molecule has 1 N–H and O–H groups in total. The van der Waals surface area contributed by atoms with Gasteiger partial charge in [0, 0.05) is 12.6 Å². The maximum Gasteiger partial charge on any atom is 0.244 e. The monoisotopic (exact) mass is 595 g/mol. The predicted molar refractivity (Wildman–Crippen MR) is 148 cm³/mol. The number of hydrogen-bond donors (Lipinski definition) is 1. The van der Waals surface area contributed by atoms with E-state index in [1.54, 1.807) is 25.1 Å². The Morgan fingerprint density at radius 2 is 1.64 bits per heavy atom. The Hall–Kier alpha value is -1.71. The van der Waals surface area contributed by atoms with Crippen molar-refractivity contribution in [2.24, 2.45) is 0 Å². The van der Waals surface area contributed by atoms with Crippen LogP contribution < -0.4 is 9.62 Å². The van der Waals surface area contributed by atoms with E-state index in [-0.39, 0.29) is 34.2 Å². The zero-order valence-corrected chi connectivity index (χ0v) is 24.2. The van der Waals surface area contributed by atoms with E-state index < -0.39 is 28.5 Å². The van der Waals surface area contributed by atoms with Crippen molar-refractivity contribution in [3.63, 3.8) is 0 Å². The molecule has 198 valence electrons. The molecule has 0 aliphatic carbocycles. The Morgan fingerprint density at radius 1 is 0.972 bits per heavy atom. The molecule has 2 unspecified atom stereocenters. The normalized spacial score (nSPS) is 13.1. The molecule has 12 heteroatoms. The number of sulfonamides is 1. The van der Waals surface area contributed by atoms with Crippen molar-refractivity contribution in [1.29, 1.82) is 0 Å². The fourth-order valence-corrected chi connectivity index (χ4v) is 5.10. The number of halogens is 4. The molecule has 0 fully saturated rings. The van der Waals surface area contributed by atoms with Crippen LogP contribution in [0.1, 0.15) is 39.2 Å². The van der Waals surface area contributed by atoms with Gasteiger partial charge in [-0.1, -0.05) is 72.4 Å². The second-order valence-corrected chi connectivity index (χ2v) is 11.9. The topological polar surface area (TPSA) is 86.8 Å². The fourth-order valence-electron chi connectivity index (χ4n) is 3.48. The summed E-state index contributed by atoms with van der Waals surface area (Å²) in [4.78, 5) is 28.2. The average Bonchev–Trinajstić information content (AvgIpc) is 2.80. The highest BCUT2D eigenvalue weighted by atomic mass is 35.5. The molecular weight excluding hydrogens is 568 g/mol. The van der Waals surface area contributed by atoms with Gasteiger partial charge in [0.05, 0.1) is 32.0 Å². The highest BCUT2D eigenvalue weighted by Gasteiger charge is 2.33. The van der Waals surface area contributed by atoms with E-state index in [1.807, 2.05) is 13.8 Å². The lowest BCUT2D eigenvalue weighted by Gasteiger charge is -2.33. The van der Waals surface area contributed by atoms with Crippen LogP contribution in [0.5, 0.6) is 0 Å². The number of rotatable bonds is 11. The zero-order valence-electron chi connectivity index (χ0n) is 20.4. The summed E-state index contributed by atoms with van der Waals surface area (Å²) in [6.07, 6.45) is 1.97. The highest BCUT2D eigenvalue weighted by molar-refractivity contribution is 7.92. The third kappa shape index (κ3) is 7.89. The smallest absolute Gasteiger partial charge is 0.244 e. The van der Waals surface area contributed by atoms with Gasteiger partial charge in [-0.25, -0.2) is 8.42 Å². The summed E-state index contributed by atoms with van der Waals surface area (Å²) in [6, 6.07) is 8.42. The Bertz CT molecular complexity index is 1210. The second-order valence-electron chi connectivity index (χ2n) is 8.35. The van der Waals surface area contributed by atoms with Gasteiger partial charge in [0.2, 0.25) is 21.8 Å². The summed E-state index contributed by atoms with van der Waals surface area (Å²) < 4.78 is 26.3. The molecule has 2 atom stereocenters. The van der Waals surface area contributed by atoms with E-state index in [0.29, 0.717) is 28.5 Å². The van der Waals surface area contributed by atoms with Crippen LogP contribution in [0.15, 0.2) is 36.4 Å². The molecule has 0 saturated carbocycles. The number of nitrogens with zero attached hydrogens (tertiary/aromatic N) is 2. The molecule has 0 aliphatic rings. The Kier molecular flexibility index (Phi) is 11.2. The van der Waals surface area contributed by atoms with Crippen LogP contribution in [-0.4, -0.2) is 50.0 Å². The molecule has 0 spiro atoms. The Morgan fingerprint density at radius 3 is 2.19 bits per heavy atom. The lowest BCUT2D eigenvalue weighted by Crippen LogP contribution is -2.53. The number of carbonyl (C=O) groups is 2. The van der Waals surface area contributed by atoms with Crippen LogP contribution in [0.4, 0.5) is 5.69 Å². The van der Waals surface area contributed by atoms with E-state index in [2.05, 4.69) is 5.32 Å². The van der Waals surface area contributed by atoms with Crippen molar-refractivity contribution >= 4 is 73.9 Å². The summed E-state index contributed by atoms with van der Waals surface area (Å²) in [5, 5.41) is 3.68.